The Bertz CT molecular complexity index is 719. The van der Waals surface area contributed by atoms with Gasteiger partial charge in [0.1, 0.15) is 6.61 Å². The molecule has 0 spiro atoms. The molecule has 0 bridgehead atoms. The van der Waals surface area contributed by atoms with Gasteiger partial charge in [0, 0.05) is 17.3 Å². The third-order valence-electron chi connectivity index (χ3n) is 3.47. The first-order valence-corrected chi connectivity index (χ1v) is 9.20. The highest BCUT2D eigenvalue weighted by atomic mass is 127. The number of rotatable bonds is 8. The molecule has 0 saturated heterocycles. The second-order valence-electron chi connectivity index (χ2n) is 5.20. The summed E-state index contributed by atoms with van der Waals surface area (Å²) in [4.78, 5) is 0. The van der Waals surface area contributed by atoms with Crippen molar-refractivity contribution in [3.63, 3.8) is 0 Å². The van der Waals surface area contributed by atoms with Gasteiger partial charge in [-0.3, -0.25) is 0 Å². The van der Waals surface area contributed by atoms with Crippen molar-refractivity contribution in [3.05, 3.63) is 62.7 Å². The van der Waals surface area contributed by atoms with E-state index in [9.17, 15) is 0 Å². The predicted molar refractivity (Wildman–Crippen MR) is 110 cm³/mol. The van der Waals surface area contributed by atoms with Crippen LogP contribution in [0.4, 0.5) is 5.69 Å². The maximum absolute atomic E-state index is 6.17. The Morgan fingerprint density at radius 3 is 2.79 bits per heavy atom. The number of halogens is 2. The van der Waals surface area contributed by atoms with Crippen LogP contribution in [0.25, 0.3) is 0 Å². The van der Waals surface area contributed by atoms with E-state index in [0.717, 1.165) is 36.9 Å². The van der Waals surface area contributed by atoms with Gasteiger partial charge in [-0.1, -0.05) is 30.3 Å². The molecule has 0 amide bonds. The molecule has 0 fully saturated rings. The van der Waals surface area contributed by atoms with Crippen LogP contribution in [0.1, 0.15) is 18.1 Å². The number of hydrogen-bond donors (Lipinski definition) is 1. The topological polar surface area (TPSA) is 30.5 Å². The van der Waals surface area contributed by atoms with E-state index in [4.69, 9.17) is 21.1 Å². The van der Waals surface area contributed by atoms with Crippen molar-refractivity contribution >= 4 is 39.9 Å². The van der Waals surface area contributed by atoms with Crippen LogP contribution in [0.5, 0.6) is 11.5 Å². The highest BCUT2D eigenvalue weighted by Crippen LogP contribution is 2.34. The van der Waals surface area contributed by atoms with Crippen molar-refractivity contribution in [2.75, 3.05) is 18.5 Å². The van der Waals surface area contributed by atoms with E-state index in [2.05, 4.69) is 40.6 Å². The van der Waals surface area contributed by atoms with Gasteiger partial charge >= 0.3 is 0 Å². The average Bonchev–Trinajstić information content (AvgIpc) is 2.56. The molecule has 1 N–H and O–H groups in total. The van der Waals surface area contributed by atoms with Gasteiger partial charge in [0.25, 0.3) is 0 Å². The maximum Gasteiger partial charge on any atom is 0.174 e. The number of anilines is 1. The Labute approximate surface area is 162 Å². The minimum absolute atomic E-state index is 0.454. The summed E-state index contributed by atoms with van der Waals surface area (Å²) >= 11 is 8.44. The number of nitrogens with one attached hydrogen (secondary N) is 1. The molecule has 0 unspecified atom stereocenters. The molecule has 128 valence electrons. The van der Waals surface area contributed by atoms with Crippen molar-refractivity contribution in [2.24, 2.45) is 0 Å². The molecule has 0 aromatic heterocycles. The number of benzene rings is 2. The highest BCUT2D eigenvalue weighted by molar-refractivity contribution is 14.1. The van der Waals surface area contributed by atoms with Gasteiger partial charge in [0.15, 0.2) is 11.5 Å². The second kappa shape index (κ2) is 9.18. The molecule has 0 radical (unpaired) electrons. The van der Waals surface area contributed by atoms with E-state index in [0.29, 0.717) is 19.8 Å². The fraction of sp³-hybridized carbons (Fsp3) is 0.263. The van der Waals surface area contributed by atoms with E-state index in [-0.39, 0.29) is 0 Å². The summed E-state index contributed by atoms with van der Waals surface area (Å²) < 4.78 is 12.5. The van der Waals surface area contributed by atoms with E-state index in [1.54, 1.807) is 6.08 Å². The fourth-order valence-corrected chi connectivity index (χ4v) is 3.26. The van der Waals surface area contributed by atoms with E-state index in [1.165, 1.54) is 0 Å². The first-order valence-electron chi connectivity index (χ1n) is 7.74. The van der Waals surface area contributed by atoms with Crippen molar-refractivity contribution in [1.29, 1.82) is 0 Å². The molecule has 0 heterocycles. The maximum atomic E-state index is 6.17. The zero-order chi connectivity index (χ0) is 17.5. The first-order chi connectivity index (χ1) is 11.6. The summed E-state index contributed by atoms with van der Waals surface area (Å²) in [7, 11) is 0. The summed E-state index contributed by atoms with van der Waals surface area (Å²) in [6.45, 7) is 9.38. The lowest BCUT2D eigenvalue weighted by atomic mass is 10.1. The summed E-state index contributed by atoms with van der Waals surface area (Å²) in [6.07, 6.45) is 1.73. The van der Waals surface area contributed by atoms with Crippen LogP contribution in [-0.2, 0) is 6.54 Å². The Hall–Kier alpha value is -1.40. The highest BCUT2D eigenvalue weighted by Gasteiger charge is 2.12. The predicted octanol–water partition coefficient (Wildman–Crippen LogP) is 5.83. The smallest absolute Gasteiger partial charge is 0.174 e. The second-order valence-corrected chi connectivity index (χ2v) is 6.77. The Morgan fingerprint density at radius 2 is 2.08 bits per heavy atom. The van der Waals surface area contributed by atoms with Crippen LogP contribution in [0.3, 0.4) is 0 Å². The van der Waals surface area contributed by atoms with Crippen molar-refractivity contribution < 1.29 is 9.47 Å². The fourth-order valence-electron chi connectivity index (χ4n) is 2.26. The Morgan fingerprint density at radius 1 is 1.29 bits per heavy atom. The van der Waals surface area contributed by atoms with Crippen molar-refractivity contribution in [3.8, 4) is 11.5 Å². The van der Waals surface area contributed by atoms with Gasteiger partial charge in [-0.15, -0.1) is 0 Å². The van der Waals surface area contributed by atoms with Gasteiger partial charge in [0.05, 0.1) is 10.2 Å². The zero-order valence-electron chi connectivity index (χ0n) is 13.9. The standard InChI is InChI=1S/C19H21ClINO2/c1-4-9-24-19-16(21)10-14(11-18(19)23-5-2)12-22-17-8-6-7-15(20)13(17)3/h4,6-8,10-11,22H,1,5,9,12H2,2-3H3. The first kappa shape index (κ1) is 18.9. The third kappa shape index (κ3) is 4.80. The van der Waals surface area contributed by atoms with Gasteiger partial charge in [0.2, 0.25) is 0 Å². The van der Waals surface area contributed by atoms with E-state index >= 15 is 0 Å². The molecule has 2 aromatic carbocycles. The quantitative estimate of drug-likeness (QED) is 0.400. The number of ether oxygens (including phenoxy) is 2. The van der Waals surface area contributed by atoms with Crippen LogP contribution in [-0.4, -0.2) is 13.2 Å². The van der Waals surface area contributed by atoms with Gasteiger partial charge in [-0.25, -0.2) is 0 Å². The summed E-state index contributed by atoms with van der Waals surface area (Å²) in [5.74, 6) is 1.52. The monoisotopic (exact) mass is 457 g/mol. The van der Waals surface area contributed by atoms with E-state index < -0.39 is 0 Å². The van der Waals surface area contributed by atoms with Gasteiger partial charge in [-0.2, -0.15) is 0 Å². The Balaban J connectivity index is 2.21. The lowest BCUT2D eigenvalue weighted by molar-refractivity contribution is 0.295. The van der Waals surface area contributed by atoms with Gasteiger partial charge < -0.3 is 14.8 Å². The molecular weight excluding hydrogens is 437 g/mol. The summed E-state index contributed by atoms with van der Waals surface area (Å²) in [5, 5.41) is 4.19. The van der Waals surface area contributed by atoms with Crippen LogP contribution < -0.4 is 14.8 Å². The molecule has 2 aromatic rings. The molecule has 0 saturated carbocycles. The average molecular weight is 458 g/mol. The van der Waals surface area contributed by atoms with Crippen LogP contribution in [0.2, 0.25) is 5.02 Å². The molecule has 0 aliphatic heterocycles. The molecule has 0 atom stereocenters. The van der Waals surface area contributed by atoms with Crippen molar-refractivity contribution in [2.45, 2.75) is 20.4 Å². The molecule has 2 rings (SSSR count). The Kier molecular flexibility index (Phi) is 7.24. The largest absolute Gasteiger partial charge is 0.490 e. The molecule has 0 aliphatic rings. The molecule has 24 heavy (non-hydrogen) atoms. The van der Waals surface area contributed by atoms with Crippen LogP contribution in [0, 0.1) is 10.5 Å². The normalized spacial score (nSPS) is 10.3. The lowest BCUT2D eigenvalue weighted by Crippen LogP contribution is -2.05. The lowest BCUT2D eigenvalue weighted by Gasteiger charge is -2.16. The third-order valence-corrected chi connectivity index (χ3v) is 4.68. The zero-order valence-corrected chi connectivity index (χ0v) is 16.8. The molecular formula is C19H21ClINO2. The van der Waals surface area contributed by atoms with Crippen LogP contribution in [0.15, 0.2) is 43.0 Å². The van der Waals surface area contributed by atoms with Crippen LogP contribution >= 0.6 is 34.2 Å². The van der Waals surface area contributed by atoms with Gasteiger partial charge in [-0.05, 0) is 71.8 Å². The number of hydrogen-bond acceptors (Lipinski definition) is 3. The van der Waals surface area contributed by atoms with E-state index in [1.807, 2.05) is 38.1 Å². The summed E-state index contributed by atoms with van der Waals surface area (Å²) in [6, 6.07) is 9.96. The minimum atomic E-state index is 0.454. The molecule has 3 nitrogen and oxygen atoms in total. The van der Waals surface area contributed by atoms with Crippen molar-refractivity contribution in [1.82, 2.24) is 0 Å². The summed E-state index contributed by atoms with van der Waals surface area (Å²) in [5.41, 5.74) is 3.19. The SMILES string of the molecule is C=CCOc1c(I)cc(CNc2cccc(Cl)c2C)cc1OCC. The molecule has 5 heteroatoms. The molecule has 0 aliphatic carbocycles. The minimum Gasteiger partial charge on any atom is -0.490 e.